The van der Waals surface area contributed by atoms with Crippen LogP contribution >= 0.6 is 0 Å². The summed E-state index contributed by atoms with van der Waals surface area (Å²) in [7, 11) is 0. The number of hydrogen-bond acceptors (Lipinski definition) is 1. The number of carboxylic acid groups (broad SMARTS) is 1. The Labute approximate surface area is 61.3 Å². The first-order chi connectivity index (χ1) is 4.89. The second-order valence-corrected chi connectivity index (χ2v) is 2.03. The predicted octanol–water partition coefficient (Wildman–Crippen LogP) is 1.62. The van der Waals surface area contributed by atoms with Gasteiger partial charge in [0.2, 0.25) is 0 Å². The van der Waals surface area contributed by atoms with Gasteiger partial charge in [0, 0.05) is 5.57 Å². The maximum absolute atomic E-state index is 12.0. The van der Waals surface area contributed by atoms with Crippen LogP contribution in [0.25, 0.3) is 0 Å². The lowest BCUT2D eigenvalue weighted by Crippen LogP contribution is -2.16. The Bertz CT molecular complexity index is 186. The minimum atomic E-state index is -3.66. The van der Waals surface area contributed by atoms with E-state index in [-0.39, 0.29) is 6.08 Å². The van der Waals surface area contributed by atoms with Crippen LogP contribution < -0.4 is 0 Å². The number of carbonyl (C=O) groups is 1. The van der Waals surface area contributed by atoms with Crippen LogP contribution in [-0.2, 0) is 4.79 Å². The number of allylic oxidation sites excluding steroid dienone is 1. The molecule has 0 aromatic rings. The summed E-state index contributed by atoms with van der Waals surface area (Å²) < 4.78 is 35.5. The summed E-state index contributed by atoms with van der Waals surface area (Å²) in [5.41, 5.74) is -0.562. The van der Waals surface area contributed by atoms with Gasteiger partial charge in [0.05, 0.1) is 0 Å². The Hall–Kier alpha value is -1.00. The Morgan fingerprint density at radius 3 is 2.36 bits per heavy atom. The summed E-state index contributed by atoms with van der Waals surface area (Å²) >= 11 is 0. The largest absolute Gasteiger partial charge is 0.478 e. The second kappa shape index (κ2) is 3.41. The van der Waals surface area contributed by atoms with Crippen LogP contribution in [0, 0.1) is 0 Å². The van der Waals surface area contributed by atoms with E-state index in [1.807, 2.05) is 0 Å². The van der Waals surface area contributed by atoms with E-state index in [0.717, 1.165) is 6.92 Å². The van der Waals surface area contributed by atoms with Gasteiger partial charge in [-0.2, -0.15) is 8.78 Å². The van der Waals surface area contributed by atoms with Gasteiger partial charge in [-0.05, 0) is 13.0 Å². The van der Waals surface area contributed by atoms with Crippen molar-refractivity contribution in [2.45, 2.75) is 12.8 Å². The Balaban J connectivity index is 4.41. The first-order valence-corrected chi connectivity index (χ1v) is 2.75. The summed E-state index contributed by atoms with van der Waals surface area (Å²) in [5, 5.41) is 8.12. The van der Waals surface area contributed by atoms with Crippen LogP contribution in [0.5, 0.6) is 0 Å². The minimum absolute atomic E-state index is 0.0926. The zero-order chi connectivity index (χ0) is 9.07. The van der Waals surface area contributed by atoms with Crippen molar-refractivity contribution < 1.29 is 23.1 Å². The minimum Gasteiger partial charge on any atom is -0.478 e. The number of halogens is 3. The normalized spacial score (nSPS) is 13.3. The van der Waals surface area contributed by atoms with E-state index in [1.54, 1.807) is 0 Å². The van der Waals surface area contributed by atoms with Gasteiger partial charge in [-0.25, -0.2) is 9.18 Å². The lowest BCUT2D eigenvalue weighted by molar-refractivity contribution is -0.132. The lowest BCUT2D eigenvalue weighted by Gasteiger charge is -2.05. The van der Waals surface area contributed by atoms with E-state index in [1.165, 1.54) is 0 Å². The topological polar surface area (TPSA) is 37.3 Å². The van der Waals surface area contributed by atoms with Gasteiger partial charge in [0.25, 0.3) is 5.92 Å². The van der Waals surface area contributed by atoms with Crippen molar-refractivity contribution in [3.8, 4) is 0 Å². The molecule has 0 radical (unpaired) electrons. The zero-order valence-corrected chi connectivity index (χ0v) is 5.77. The predicted molar refractivity (Wildman–Crippen MR) is 32.3 cm³/mol. The molecule has 5 heteroatoms. The molecule has 0 aromatic carbocycles. The van der Waals surface area contributed by atoms with Crippen LogP contribution in [0.1, 0.15) is 6.92 Å². The van der Waals surface area contributed by atoms with Crippen molar-refractivity contribution in [3.63, 3.8) is 0 Å². The molecule has 0 saturated carbocycles. The van der Waals surface area contributed by atoms with Crippen molar-refractivity contribution in [3.05, 3.63) is 11.6 Å². The van der Waals surface area contributed by atoms with Crippen molar-refractivity contribution in [1.82, 2.24) is 0 Å². The van der Waals surface area contributed by atoms with Gasteiger partial charge in [0.1, 0.15) is 0 Å². The summed E-state index contributed by atoms with van der Waals surface area (Å²) in [6, 6.07) is 0. The van der Waals surface area contributed by atoms with Crippen LogP contribution in [0.2, 0.25) is 0 Å². The van der Waals surface area contributed by atoms with Gasteiger partial charge >= 0.3 is 5.97 Å². The van der Waals surface area contributed by atoms with Crippen molar-refractivity contribution in [1.29, 1.82) is 0 Å². The van der Waals surface area contributed by atoms with Gasteiger partial charge in [-0.1, -0.05) is 0 Å². The molecule has 0 spiro atoms. The molecule has 0 bridgehead atoms. The number of alkyl halides is 3. The fourth-order valence-corrected chi connectivity index (χ4v) is 0.417. The summed E-state index contributed by atoms with van der Waals surface area (Å²) in [6.07, 6.45) is 0.0926. The third-order valence-electron chi connectivity index (χ3n) is 0.943. The highest BCUT2D eigenvalue weighted by Gasteiger charge is 2.26. The number of carboxylic acids is 1. The smallest absolute Gasteiger partial charge is 0.331 e. The average molecular weight is 168 g/mol. The van der Waals surface area contributed by atoms with Gasteiger partial charge < -0.3 is 5.11 Å². The molecule has 0 amide bonds. The van der Waals surface area contributed by atoms with Crippen molar-refractivity contribution in [2.75, 3.05) is 6.67 Å². The summed E-state index contributed by atoms with van der Waals surface area (Å²) in [5.74, 6) is -5.14. The molecule has 0 aromatic heterocycles. The molecule has 0 rings (SSSR count). The Kier molecular flexibility index (Phi) is 3.10. The molecule has 2 nitrogen and oxygen atoms in total. The van der Waals surface area contributed by atoms with E-state index < -0.39 is 24.1 Å². The van der Waals surface area contributed by atoms with Crippen molar-refractivity contribution in [2.24, 2.45) is 0 Å². The van der Waals surface area contributed by atoms with Crippen LogP contribution in [0.15, 0.2) is 11.6 Å². The third-order valence-corrected chi connectivity index (χ3v) is 0.943. The van der Waals surface area contributed by atoms with Crippen LogP contribution in [0.4, 0.5) is 13.2 Å². The van der Waals surface area contributed by atoms with E-state index >= 15 is 0 Å². The third kappa shape index (κ3) is 3.64. The highest BCUT2D eigenvalue weighted by Crippen LogP contribution is 2.17. The van der Waals surface area contributed by atoms with Gasteiger partial charge in [-0.3, -0.25) is 0 Å². The molecular weight excluding hydrogens is 161 g/mol. The molecule has 0 atom stereocenters. The van der Waals surface area contributed by atoms with E-state index in [9.17, 15) is 18.0 Å². The highest BCUT2D eigenvalue weighted by atomic mass is 19.3. The van der Waals surface area contributed by atoms with Crippen LogP contribution in [-0.4, -0.2) is 23.7 Å². The zero-order valence-electron chi connectivity index (χ0n) is 5.77. The van der Waals surface area contributed by atoms with E-state index in [4.69, 9.17) is 5.11 Å². The van der Waals surface area contributed by atoms with Gasteiger partial charge in [-0.15, -0.1) is 0 Å². The molecule has 11 heavy (non-hydrogen) atoms. The fraction of sp³-hybridized carbons (Fsp3) is 0.500. The maximum atomic E-state index is 12.0. The highest BCUT2D eigenvalue weighted by molar-refractivity contribution is 5.85. The molecule has 0 unspecified atom stereocenters. The molecule has 0 fully saturated rings. The molecule has 0 aliphatic carbocycles. The van der Waals surface area contributed by atoms with E-state index in [0.29, 0.717) is 0 Å². The Morgan fingerprint density at radius 1 is 1.64 bits per heavy atom. The quantitative estimate of drug-likeness (QED) is 0.650. The number of aliphatic carboxylic acids is 1. The standard InChI is InChI=1S/C6H7F3O2/c1-4(5(10)11)2-6(8,9)3-7/h2H,3H2,1H3,(H,10,11)/b4-2+. The first-order valence-electron chi connectivity index (χ1n) is 2.75. The van der Waals surface area contributed by atoms with Crippen molar-refractivity contribution >= 4 is 5.97 Å². The molecule has 1 N–H and O–H groups in total. The molecular formula is C6H7F3O2. The fourth-order valence-electron chi connectivity index (χ4n) is 0.417. The molecule has 0 aliphatic heterocycles. The maximum Gasteiger partial charge on any atom is 0.331 e. The number of rotatable bonds is 3. The lowest BCUT2D eigenvalue weighted by atomic mass is 10.2. The average Bonchev–Trinajstić information content (AvgIpc) is 1.87. The van der Waals surface area contributed by atoms with Gasteiger partial charge in [0.15, 0.2) is 6.67 Å². The molecule has 0 heterocycles. The van der Waals surface area contributed by atoms with E-state index in [2.05, 4.69) is 0 Å². The molecule has 64 valence electrons. The number of hydrogen-bond donors (Lipinski definition) is 1. The SMILES string of the molecule is C/C(=C\C(F)(F)CF)C(=O)O. The van der Waals surface area contributed by atoms with Crippen LogP contribution in [0.3, 0.4) is 0 Å². The first kappa shape index (κ1) is 10.0. The summed E-state index contributed by atoms with van der Waals surface area (Å²) in [4.78, 5) is 9.97. The Morgan fingerprint density at radius 2 is 2.09 bits per heavy atom. The monoisotopic (exact) mass is 168 g/mol. The second-order valence-electron chi connectivity index (χ2n) is 2.03. The molecule has 0 saturated heterocycles. The summed E-state index contributed by atoms with van der Waals surface area (Å²) in [6.45, 7) is -0.899. The molecule has 0 aliphatic rings.